The van der Waals surface area contributed by atoms with E-state index in [1.165, 1.54) is 32.1 Å². The summed E-state index contributed by atoms with van der Waals surface area (Å²) in [6.45, 7) is 8.91. The Morgan fingerprint density at radius 1 is 1.29 bits per heavy atom. The minimum atomic E-state index is 0.0714. The fourth-order valence-electron chi connectivity index (χ4n) is 2.51. The molecule has 1 aliphatic rings. The van der Waals surface area contributed by atoms with Crippen molar-refractivity contribution in [3.63, 3.8) is 0 Å². The van der Waals surface area contributed by atoms with Crippen LogP contribution in [0.25, 0.3) is 0 Å². The summed E-state index contributed by atoms with van der Waals surface area (Å²) in [6.07, 6.45) is 6.52. The zero-order chi connectivity index (χ0) is 12.7. The first-order chi connectivity index (χ1) is 8.07. The highest BCUT2D eigenvalue weighted by Crippen LogP contribution is 2.34. The highest BCUT2D eigenvalue weighted by Gasteiger charge is 2.27. The number of hydrogen-bond acceptors (Lipinski definition) is 2. The third kappa shape index (κ3) is 5.07. The fraction of sp³-hybridized carbons (Fsp3) is 0.929. The second kappa shape index (κ2) is 7.00. The van der Waals surface area contributed by atoms with E-state index in [0.29, 0.717) is 5.41 Å². The van der Waals surface area contributed by atoms with Gasteiger partial charge in [-0.25, -0.2) is 0 Å². The Labute approximate surface area is 106 Å². The second-order valence-corrected chi connectivity index (χ2v) is 5.80. The second-order valence-electron chi connectivity index (χ2n) is 5.80. The Balaban J connectivity index is 2.26. The van der Waals surface area contributed by atoms with Gasteiger partial charge in [0.05, 0.1) is 0 Å². The van der Waals surface area contributed by atoms with Crippen LogP contribution in [0.4, 0.5) is 0 Å². The summed E-state index contributed by atoms with van der Waals surface area (Å²) < 4.78 is 0. The van der Waals surface area contributed by atoms with Crippen LogP contribution in [0.15, 0.2) is 0 Å². The Kier molecular flexibility index (Phi) is 5.96. The molecule has 17 heavy (non-hydrogen) atoms. The Hall–Kier alpha value is -0.570. The number of carbonyl (C=O) groups excluding carboxylic acids is 1. The molecule has 0 aromatic carbocycles. The van der Waals surface area contributed by atoms with Crippen molar-refractivity contribution < 1.29 is 4.79 Å². The number of hydrogen-bond donors (Lipinski definition) is 2. The number of amides is 1. The first-order valence-corrected chi connectivity index (χ1v) is 7.06. The summed E-state index contributed by atoms with van der Waals surface area (Å²) in [4.78, 5) is 11.9. The van der Waals surface area contributed by atoms with Crippen molar-refractivity contribution in [1.82, 2.24) is 10.6 Å². The van der Waals surface area contributed by atoms with Crippen molar-refractivity contribution in [2.75, 3.05) is 19.6 Å². The molecule has 1 atom stereocenters. The average Bonchev–Trinajstić information content (AvgIpc) is 2.34. The van der Waals surface area contributed by atoms with Crippen LogP contribution in [-0.4, -0.2) is 25.5 Å². The molecule has 1 aliphatic carbocycles. The van der Waals surface area contributed by atoms with Crippen LogP contribution in [-0.2, 0) is 4.79 Å². The summed E-state index contributed by atoms with van der Waals surface area (Å²) >= 11 is 0. The molecule has 0 saturated heterocycles. The molecule has 3 nitrogen and oxygen atoms in total. The Morgan fingerprint density at radius 3 is 2.53 bits per heavy atom. The first kappa shape index (κ1) is 14.5. The lowest BCUT2D eigenvalue weighted by atomic mass is 9.75. The molecule has 1 amide bonds. The molecule has 1 fully saturated rings. The van der Waals surface area contributed by atoms with Crippen LogP contribution in [0, 0.1) is 11.3 Å². The van der Waals surface area contributed by atoms with Crippen LogP contribution < -0.4 is 10.6 Å². The molecule has 0 radical (unpaired) electrons. The van der Waals surface area contributed by atoms with Gasteiger partial charge in [0.2, 0.25) is 5.91 Å². The van der Waals surface area contributed by atoms with Crippen LogP contribution in [0.2, 0.25) is 0 Å². The average molecular weight is 240 g/mol. The van der Waals surface area contributed by atoms with E-state index in [0.717, 1.165) is 19.6 Å². The van der Waals surface area contributed by atoms with E-state index in [2.05, 4.69) is 24.5 Å². The van der Waals surface area contributed by atoms with Gasteiger partial charge in [0, 0.05) is 19.0 Å². The maximum absolute atomic E-state index is 11.9. The third-order valence-corrected chi connectivity index (χ3v) is 3.90. The smallest absolute Gasteiger partial charge is 0.224 e. The third-order valence-electron chi connectivity index (χ3n) is 3.90. The maximum atomic E-state index is 11.9. The summed E-state index contributed by atoms with van der Waals surface area (Å²) in [7, 11) is 0. The van der Waals surface area contributed by atoms with E-state index in [1.807, 2.05) is 6.92 Å². The molecular formula is C14H28N2O. The van der Waals surface area contributed by atoms with Crippen LogP contribution in [0.5, 0.6) is 0 Å². The Morgan fingerprint density at radius 2 is 1.94 bits per heavy atom. The summed E-state index contributed by atoms with van der Waals surface area (Å²) in [5.41, 5.74) is 0.339. The van der Waals surface area contributed by atoms with Crippen molar-refractivity contribution in [1.29, 1.82) is 0 Å². The lowest BCUT2D eigenvalue weighted by Gasteiger charge is -2.34. The summed E-state index contributed by atoms with van der Waals surface area (Å²) in [5.74, 6) is 0.264. The SMILES string of the molecule is CCNCC(C)C(=O)NCC1(C)CCCCC1. The molecule has 2 N–H and O–H groups in total. The van der Waals surface area contributed by atoms with Gasteiger partial charge in [0.25, 0.3) is 0 Å². The number of rotatable bonds is 6. The van der Waals surface area contributed by atoms with E-state index in [-0.39, 0.29) is 11.8 Å². The molecular weight excluding hydrogens is 212 g/mol. The highest BCUT2D eigenvalue weighted by molar-refractivity contribution is 5.78. The molecule has 0 aromatic rings. The van der Waals surface area contributed by atoms with Gasteiger partial charge in [-0.1, -0.05) is 40.0 Å². The maximum Gasteiger partial charge on any atom is 0.224 e. The monoisotopic (exact) mass is 240 g/mol. The molecule has 0 bridgehead atoms. The number of carbonyl (C=O) groups is 1. The van der Waals surface area contributed by atoms with Crippen molar-refractivity contribution in [3.05, 3.63) is 0 Å². The van der Waals surface area contributed by atoms with E-state index in [1.54, 1.807) is 0 Å². The molecule has 0 aliphatic heterocycles. The van der Waals surface area contributed by atoms with Crippen LogP contribution in [0.1, 0.15) is 52.9 Å². The van der Waals surface area contributed by atoms with E-state index >= 15 is 0 Å². The van der Waals surface area contributed by atoms with Gasteiger partial charge in [-0.15, -0.1) is 0 Å². The van der Waals surface area contributed by atoms with Crippen molar-refractivity contribution >= 4 is 5.91 Å². The molecule has 100 valence electrons. The lowest BCUT2D eigenvalue weighted by molar-refractivity contribution is -0.125. The standard InChI is InChI=1S/C14H28N2O/c1-4-15-10-12(2)13(17)16-11-14(3)8-6-5-7-9-14/h12,15H,4-11H2,1-3H3,(H,16,17). The van der Waals surface area contributed by atoms with Gasteiger partial charge in [-0.3, -0.25) is 4.79 Å². The zero-order valence-corrected chi connectivity index (χ0v) is 11.6. The number of nitrogens with one attached hydrogen (secondary N) is 2. The van der Waals surface area contributed by atoms with Crippen LogP contribution in [0.3, 0.4) is 0 Å². The predicted octanol–water partition coefficient (Wildman–Crippen LogP) is 2.32. The molecule has 1 rings (SSSR count). The minimum Gasteiger partial charge on any atom is -0.355 e. The normalized spacial score (nSPS) is 20.9. The van der Waals surface area contributed by atoms with E-state index in [9.17, 15) is 4.79 Å². The van der Waals surface area contributed by atoms with Gasteiger partial charge < -0.3 is 10.6 Å². The fourth-order valence-corrected chi connectivity index (χ4v) is 2.51. The molecule has 0 aromatic heterocycles. The van der Waals surface area contributed by atoms with Gasteiger partial charge in [-0.05, 0) is 24.8 Å². The minimum absolute atomic E-state index is 0.0714. The van der Waals surface area contributed by atoms with Gasteiger partial charge >= 0.3 is 0 Å². The quantitative estimate of drug-likeness (QED) is 0.748. The molecule has 0 heterocycles. The lowest BCUT2D eigenvalue weighted by Crippen LogP contribution is -2.41. The highest BCUT2D eigenvalue weighted by atomic mass is 16.1. The van der Waals surface area contributed by atoms with Crippen molar-refractivity contribution in [2.45, 2.75) is 52.9 Å². The van der Waals surface area contributed by atoms with Gasteiger partial charge in [0.15, 0.2) is 0 Å². The molecule has 3 heteroatoms. The zero-order valence-electron chi connectivity index (χ0n) is 11.6. The van der Waals surface area contributed by atoms with Crippen molar-refractivity contribution in [3.8, 4) is 0 Å². The topological polar surface area (TPSA) is 41.1 Å². The molecule has 1 saturated carbocycles. The summed E-state index contributed by atoms with van der Waals surface area (Å²) in [5, 5.41) is 6.34. The largest absolute Gasteiger partial charge is 0.355 e. The van der Waals surface area contributed by atoms with E-state index < -0.39 is 0 Å². The first-order valence-electron chi connectivity index (χ1n) is 7.06. The molecule has 0 spiro atoms. The molecule has 1 unspecified atom stereocenters. The predicted molar refractivity (Wildman–Crippen MR) is 71.9 cm³/mol. The van der Waals surface area contributed by atoms with E-state index in [4.69, 9.17) is 0 Å². The summed E-state index contributed by atoms with van der Waals surface area (Å²) in [6, 6.07) is 0. The van der Waals surface area contributed by atoms with Crippen molar-refractivity contribution in [2.24, 2.45) is 11.3 Å². The Bertz CT molecular complexity index is 234. The van der Waals surface area contributed by atoms with Crippen LogP contribution >= 0.6 is 0 Å². The van der Waals surface area contributed by atoms with Gasteiger partial charge in [0.1, 0.15) is 0 Å². The van der Waals surface area contributed by atoms with Gasteiger partial charge in [-0.2, -0.15) is 0 Å².